The summed E-state index contributed by atoms with van der Waals surface area (Å²) in [6, 6.07) is 9.24. The number of benzene rings is 2. The number of phenolic OH excluding ortho intramolecular Hbond substituents is 1. The fraction of sp³-hybridized carbons (Fsp3) is 0.211. The van der Waals surface area contributed by atoms with E-state index in [9.17, 15) is 14.3 Å². The molecule has 0 radical (unpaired) electrons. The third kappa shape index (κ3) is 4.01. The zero-order valence-electron chi connectivity index (χ0n) is 14.0. The number of phenols is 1. The van der Waals surface area contributed by atoms with Crippen molar-refractivity contribution in [2.45, 2.75) is 26.4 Å². The van der Waals surface area contributed by atoms with E-state index in [4.69, 9.17) is 16.0 Å². The number of hydrogen-bond acceptors (Lipinski definition) is 4. The third-order valence-corrected chi connectivity index (χ3v) is 4.48. The summed E-state index contributed by atoms with van der Waals surface area (Å²) in [6.45, 7) is 2.32. The van der Waals surface area contributed by atoms with Gasteiger partial charge in [-0.1, -0.05) is 24.6 Å². The molecule has 138 valence electrons. The summed E-state index contributed by atoms with van der Waals surface area (Å²) >= 11 is 6.01. The number of aromatic hydroxyl groups is 1. The van der Waals surface area contributed by atoms with Gasteiger partial charge in [0.15, 0.2) is 0 Å². The Labute approximate surface area is 161 Å². The molecule has 0 aliphatic carbocycles. The zero-order valence-corrected chi connectivity index (χ0v) is 15.5. The molecule has 0 aliphatic rings. The van der Waals surface area contributed by atoms with Crippen LogP contribution >= 0.6 is 11.6 Å². The largest absolute Gasteiger partial charge is 1.00 e. The second-order valence-electron chi connectivity index (χ2n) is 5.69. The van der Waals surface area contributed by atoms with Crippen molar-refractivity contribution in [1.82, 2.24) is 5.32 Å². The number of halogens is 3. The van der Waals surface area contributed by atoms with Gasteiger partial charge in [-0.2, -0.15) is 0 Å². The highest BCUT2D eigenvalue weighted by molar-refractivity contribution is 6.31. The molecule has 3 aromatic rings. The van der Waals surface area contributed by atoms with E-state index >= 15 is 0 Å². The van der Waals surface area contributed by atoms with Gasteiger partial charge in [0.25, 0.3) is 0 Å². The lowest BCUT2D eigenvalue weighted by Gasteiger charge is -2.12. The van der Waals surface area contributed by atoms with Crippen LogP contribution in [0.5, 0.6) is 5.75 Å². The fourth-order valence-electron chi connectivity index (χ4n) is 2.81. The van der Waals surface area contributed by atoms with Gasteiger partial charge in [0.05, 0.1) is 5.56 Å². The summed E-state index contributed by atoms with van der Waals surface area (Å²) in [7, 11) is 0. The molecule has 26 heavy (non-hydrogen) atoms. The molecule has 7 heteroatoms. The van der Waals surface area contributed by atoms with Gasteiger partial charge < -0.3 is 27.2 Å². The van der Waals surface area contributed by atoms with Crippen LogP contribution in [-0.4, -0.2) is 5.11 Å². The fourth-order valence-corrected chi connectivity index (χ4v) is 3.04. The summed E-state index contributed by atoms with van der Waals surface area (Å²) in [4.78, 5) is 11.8. The molecule has 0 atom stereocenters. The molecule has 0 unspecified atom stereocenters. The maximum atomic E-state index is 13.8. The summed E-state index contributed by atoms with van der Waals surface area (Å²) in [6.07, 6.45) is 0.671. The van der Waals surface area contributed by atoms with Crippen LogP contribution in [0.25, 0.3) is 11.0 Å². The maximum Gasteiger partial charge on any atom is 0.336 e. The minimum atomic E-state index is -0.464. The molecule has 0 saturated heterocycles. The van der Waals surface area contributed by atoms with Crippen molar-refractivity contribution in [3.05, 3.63) is 74.3 Å². The Morgan fingerprint density at radius 1 is 1.19 bits per heavy atom. The highest BCUT2D eigenvalue weighted by Gasteiger charge is 2.14. The van der Waals surface area contributed by atoms with Crippen LogP contribution < -0.4 is 23.3 Å². The first kappa shape index (κ1) is 20.2. The normalized spacial score (nSPS) is 10.7. The van der Waals surface area contributed by atoms with Crippen LogP contribution in [0.4, 0.5) is 4.39 Å². The molecule has 0 amide bonds. The van der Waals surface area contributed by atoms with Crippen LogP contribution in [-0.2, 0) is 19.5 Å². The van der Waals surface area contributed by atoms with Crippen LogP contribution in [0, 0.1) is 5.82 Å². The van der Waals surface area contributed by atoms with E-state index in [0.29, 0.717) is 28.2 Å². The molecule has 0 saturated carbocycles. The van der Waals surface area contributed by atoms with E-state index in [2.05, 4.69) is 5.32 Å². The van der Waals surface area contributed by atoms with Gasteiger partial charge >= 0.3 is 5.63 Å². The molecular weight excluding hydrogens is 380 g/mol. The first-order chi connectivity index (χ1) is 12.0. The van der Waals surface area contributed by atoms with Crippen molar-refractivity contribution in [2.24, 2.45) is 0 Å². The second kappa shape index (κ2) is 8.54. The van der Waals surface area contributed by atoms with Crippen LogP contribution in [0.3, 0.4) is 0 Å². The van der Waals surface area contributed by atoms with Gasteiger partial charge in [0.1, 0.15) is 17.1 Å². The van der Waals surface area contributed by atoms with Crippen molar-refractivity contribution in [2.75, 3.05) is 0 Å². The molecule has 3 rings (SSSR count). The highest BCUT2D eigenvalue weighted by atomic mass is 35.5. The monoisotopic (exact) mass is 396 g/mol. The van der Waals surface area contributed by atoms with E-state index in [1.165, 1.54) is 12.1 Å². The van der Waals surface area contributed by atoms with E-state index < -0.39 is 11.4 Å². The summed E-state index contributed by atoms with van der Waals surface area (Å²) < 4.78 is 19.1. The first-order valence-electron chi connectivity index (χ1n) is 7.92. The number of hydrogen-bond donors (Lipinski definition) is 2. The number of nitrogens with one attached hydrogen (secondary N) is 1. The Kier molecular flexibility index (Phi) is 6.64. The highest BCUT2D eigenvalue weighted by Crippen LogP contribution is 2.29. The predicted octanol–water partition coefficient (Wildman–Crippen LogP) is 1.15. The number of aryl methyl sites for hydroxylation is 1. The van der Waals surface area contributed by atoms with E-state index in [-0.39, 0.29) is 31.2 Å². The van der Waals surface area contributed by atoms with Gasteiger partial charge in [0, 0.05) is 35.1 Å². The Bertz CT molecular complexity index is 968. The minimum Gasteiger partial charge on any atom is -1.00 e. The van der Waals surface area contributed by atoms with Crippen molar-refractivity contribution in [3.63, 3.8) is 0 Å². The molecule has 1 heterocycles. The van der Waals surface area contributed by atoms with Crippen LogP contribution in [0.2, 0.25) is 5.02 Å². The lowest BCUT2D eigenvalue weighted by Crippen LogP contribution is -3.00. The zero-order chi connectivity index (χ0) is 18.0. The van der Waals surface area contributed by atoms with Crippen molar-refractivity contribution in [1.29, 1.82) is 0 Å². The first-order valence-corrected chi connectivity index (χ1v) is 8.30. The second-order valence-corrected chi connectivity index (χ2v) is 6.10. The Hall–Kier alpha value is -2.08. The summed E-state index contributed by atoms with van der Waals surface area (Å²) in [5.74, 6) is -0.391. The Morgan fingerprint density at radius 3 is 2.62 bits per heavy atom. The lowest BCUT2D eigenvalue weighted by molar-refractivity contribution is -0.00000714. The molecule has 4 nitrogen and oxygen atoms in total. The standard InChI is InChI=1S/C19H17ClFNO3.ClH/c1-2-11-8-18(24)25-19-12(11)6-7-17(23)14(19)10-22-9-13-15(20)4-3-5-16(13)21;/h3-8,22-23H,2,9-10H2,1H3;1H/p-1. The molecule has 1 aromatic heterocycles. The molecule has 2 N–H and O–H groups in total. The lowest BCUT2D eigenvalue weighted by atomic mass is 10.0. The van der Waals surface area contributed by atoms with E-state index in [1.807, 2.05) is 6.92 Å². The van der Waals surface area contributed by atoms with Gasteiger partial charge in [-0.15, -0.1) is 0 Å². The maximum absolute atomic E-state index is 13.8. The number of rotatable bonds is 5. The van der Waals surface area contributed by atoms with Crippen LogP contribution in [0.1, 0.15) is 23.6 Å². The number of fused-ring (bicyclic) bond motifs is 1. The van der Waals surface area contributed by atoms with Gasteiger partial charge in [-0.25, -0.2) is 9.18 Å². The van der Waals surface area contributed by atoms with Crippen molar-refractivity contribution < 1.29 is 26.3 Å². The topological polar surface area (TPSA) is 62.5 Å². The molecular formula is C19H17Cl2FNO3-. The average molecular weight is 397 g/mol. The van der Waals surface area contributed by atoms with Crippen molar-refractivity contribution in [3.8, 4) is 5.75 Å². The molecule has 0 bridgehead atoms. The average Bonchev–Trinajstić information content (AvgIpc) is 2.58. The van der Waals surface area contributed by atoms with E-state index in [0.717, 1.165) is 10.9 Å². The van der Waals surface area contributed by atoms with Gasteiger partial charge in [-0.3, -0.25) is 0 Å². The smallest absolute Gasteiger partial charge is 0.336 e. The van der Waals surface area contributed by atoms with Crippen LogP contribution in [0.15, 0.2) is 45.6 Å². The predicted molar refractivity (Wildman–Crippen MR) is 95.5 cm³/mol. The van der Waals surface area contributed by atoms with E-state index in [1.54, 1.807) is 24.3 Å². The minimum absolute atomic E-state index is 0. The molecule has 0 aliphatic heterocycles. The molecule has 0 fully saturated rings. The summed E-state index contributed by atoms with van der Waals surface area (Å²) in [5, 5.41) is 14.3. The summed E-state index contributed by atoms with van der Waals surface area (Å²) in [5.41, 5.74) is 1.53. The van der Waals surface area contributed by atoms with Gasteiger partial charge in [0.2, 0.25) is 0 Å². The quantitative estimate of drug-likeness (QED) is 0.635. The SMILES string of the molecule is CCc1cc(=O)oc2c(CNCc3c(F)cccc3Cl)c(O)ccc12.[Cl-]. The Balaban J connectivity index is 0.00000243. The third-order valence-electron chi connectivity index (χ3n) is 4.12. The molecule has 2 aromatic carbocycles. The Morgan fingerprint density at radius 2 is 1.92 bits per heavy atom. The van der Waals surface area contributed by atoms with Crippen molar-refractivity contribution >= 4 is 22.6 Å². The molecule has 0 spiro atoms. The van der Waals surface area contributed by atoms with Gasteiger partial charge in [-0.05, 0) is 36.2 Å².